The van der Waals surface area contributed by atoms with Crippen molar-refractivity contribution in [2.75, 3.05) is 26.1 Å². The molecular weight excluding hydrogens is 562 g/mol. The zero-order chi connectivity index (χ0) is 31.4. The van der Waals surface area contributed by atoms with Crippen molar-refractivity contribution in [1.82, 2.24) is 5.32 Å². The van der Waals surface area contributed by atoms with Crippen LogP contribution < -0.4 is 16.0 Å². The molecule has 2 saturated carbocycles. The Morgan fingerprint density at radius 2 is 1.75 bits per heavy atom. The summed E-state index contributed by atoms with van der Waals surface area (Å²) in [6, 6.07) is 8.93. The molecular formula is C34H37N3O7. The minimum atomic E-state index is -0.748. The predicted octanol–water partition coefficient (Wildman–Crippen LogP) is 3.97. The molecule has 4 aliphatic rings. The summed E-state index contributed by atoms with van der Waals surface area (Å²) in [4.78, 5) is 40.2. The number of fused-ring (bicyclic) bond motifs is 3. The number of allylic oxidation sites excluding steroid dienone is 3. The van der Waals surface area contributed by atoms with Crippen LogP contribution in [0.15, 0.2) is 58.4 Å². The summed E-state index contributed by atoms with van der Waals surface area (Å²) in [7, 11) is 5.13. The van der Waals surface area contributed by atoms with Crippen LogP contribution in [0.25, 0.3) is 5.76 Å². The quantitative estimate of drug-likeness (QED) is 0.297. The summed E-state index contributed by atoms with van der Waals surface area (Å²) in [6.45, 7) is 0.748. The molecule has 3 unspecified atom stereocenters. The van der Waals surface area contributed by atoms with Gasteiger partial charge in [0.05, 0.1) is 29.7 Å². The van der Waals surface area contributed by atoms with E-state index in [1.807, 2.05) is 37.2 Å². The van der Waals surface area contributed by atoms with Gasteiger partial charge in [-0.15, -0.1) is 0 Å². The van der Waals surface area contributed by atoms with Gasteiger partial charge in [0.15, 0.2) is 5.78 Å². The second-order valence-electron chi connectivity index (χ2n) is 12.4. The number of phenolic OH excluding ortho intramolecular Hbond substituents is 1. The molecule has 2 fully saturated rings. The lowest BCUT2D eigenvalue weighted by Gasteiger charge is -2.43. The van der Waals surface area contributed by atoms with E-state index in [0.717, 1.165) is 35.2 Å². The van der Waals surface area contributed by atoms with Gasteiger partial charge in [0, 0.05) is 50.4 Å². The number of primary amides is 1. The number of carbonyl (C=O) groups excluding carboxylic acids is 3. The first-order valence-electron chi connectivity index (χ1n) is 14.9. The van der Waals surface area contributed by atoms with Crippen LogP contribution >= 0.6 is 0 Å². The van der Waals surface area contributed by atoms with Crippen LogP contribution in [0.5, 0.6) is 5.75 Å². The lowest BCUT2D eigenvalue weighted by molar-refractivity contribution is -0.122. The Morgan fingerprint density at radius 3 is 2.36 bits per heavy atom. The molecule has 1 amide bonds. The van der Waals surface area contributed by atoms with E-state index in [2.05, 4.69) is 5.32 Å². The second-order valence-corrected chi connectivity index (χ2v) is 12.4. The molecule has 2 aromatic rings. The SMILES string of the molecule is COC(=O)c1ccc(CNCc2cc(N(C)C)c3c(c2O)C(O)=C2C(=O)C4C(=C5CC5)C(C(N)=O)=C(O)CC4CC2C3)cc1. The van der Waals surface area contributed by atoms with Gasteiger partial charge in [-0.25, -0.2) is 4.79 Å². The molecule has 0 spiro atoms. The number of methoxy groups -OCH3 is 1. The van der Waals surface area contributed by atoms with Crippen LogP contribution in [0.3, 0.4) is 0 Å². The molecule has 10 nitrogen and oxygen atoms in total. The average molecular weight is 600 g/mol. The summed E-state index contributed by atoms with van der Waals surface area (Å²) in [5, 5.41) is 37.4. The number of benzene rings is 2. The Hall–Kier alpha value is -4.57. The van der Waals surface area contributed by atoms with Crippen molar-refractivity contribution in [3.8, 4) is 5.75 Å². The largest absolute Gasteiger partial charge is 0.511 e. The maximum atomic E-state index is 14.2. The fourth-order valence-electron chi connectivity index (χ4n) is 7.28. The van der Waals surface area contributed by atoms with E-state index in [0.29, 0.717) is 36.1 Å². The van der Waals surface area contributed by atoms with Gasteiger partial charge in [0.2, 0.25) is 0 Å². The smallest absolute Gasteiger partial charge is 0.337 e. The van der Waals surface area contributed by atoms with Crippen molar-refractivity contribution in [2.45, 2.75) is 45.2 Å². The van der Waals surface area contributed by atoms with Crippen molar-refractivity contribution in [3.63, 3.8) is 0 Å². The zero-order valence-corrected chi connectivity index (χ0v) is 25.1. The van der Waals surface area contributed by atoms with Crippen LogP contribution in [0.1, 0.15) is 58.3 Å². The molecule has 44 heavy (non-hydrogen) atoms. The first kappa shape index (κ1) is 29.5. The van der Waals surface area contributed by atoms with Crippen molar-refractivity contribution >= 4 is 29.1 Å². The minimum Gasteiger partial charge on any atom is -0.511 e. The minimum absolute atomic E-state index is 0.0490. The third-order valence-electron chi connectivity index (χ3n) is 9.37. The number of aromatic hydroxyl groups is 1. The number of aliphatic hydroxyl groups excluding tert-OH is 2. The van der Waals surface area contributed by atoms with Crippen LogP contribution in [-0.4, -0.2) is 54.2 Å². The molecule has 10 heteroatoms. The first-order chi connectivity index (χ1) is 21.0. The summed E-state index contributed by atoms with van der Waals surface area (Å²) in [5.41, 5.74) is 11.3. The molecule has 2 aromatic carbocycles. The lowest BCUT2D eigenvalue weighted by Crippen LogP contribution is -2.43. The highest BCUT2D eigenvalue weighted by molar-refractivity contribution is 6.10. The third kappa shape index (κ3) is 4.93. The van der Waals surface area contributed by atoms with Crippen LogP contribution in [0, 0.1) is 17.8 Å². The van der Waals surface area contributed by atoms with E-state index in [-0.39, 0.29) is 64.6 Å². The number of anilines is 1. The van der Waals surface area contributed by atoms with Crippen molar-refractivity contribution in [3.05, 3.63) is 86.2 Å². The fourth-order valence-corrected chi connectivity index (χ4v) is 7.28. The van der Waals surface area contributed by atoms with Gasteiger partial charge in [-0.05, 0) is 72.4 Å². The number of rotatable bonds is 7. The number of aliphatic hydroxyl groups is 2. The molecule has 0 heterocycles. The number of hydrogen-bond donors (Lipinski definition) is 5. The van der Waals surface area contributed by atoms with E-state index in [1.54, 1.807) is 12.1 Å². The number of nitrogens with one attached hydrogen (secondary N) is 1. The maximum Gasteiger partial charge on any atom is 0.337 e. The van der Waals surface area contributed by atoms with Crippen LogP contribution in [0.4, 0.5) is 5.69 Å². The van der Waals surface area contributed by atoms with Crippen LogP contribution in [-0.2, 0) is 33.8 Å². The molecule has 0 aromatic heterocycles. The Labute approximate surface area is 255 Å². The normalized spacial score (nSPS) is 22.3. The number of esters is 1. The van der Waals surface area contributed by atoms with Gasteiger partial charge in [0.1, 0.15) is 17.3 Å². The summed E-state index contributed by atoms with van der Waals surface area (Å²) in [6.07, 6.45) is 2.67. The average Bonchev–Trinajstić information content (AvgIpc) is 3.82. The Bertz CT molecular complexity index is 1680. The van der Waals surface area contributed by atoms with Crippen molar-refractivity contribution in [1.29, 1.82) is 0 Å². The predicted molar refractivity (Wildman–Crippen MR) is 164 cm³/mol. The molecule has 4 aliphatic carbocycles. The number of nitrogens with two attached hydrogens (primary N) is 1. The standard InChI is InChI=1S/C34H37N3O7/c1-37(2)23-12-21(15-36-14-16-4-6-18(7-5-16)34(43)44-3)30(39)28-22(23)11-19-10-20-13-24(38)29(33(35)42)25(17-8-9-17)26(20)31(40)27(19)32(28)41/h4-7,12,19-20,26,36,38-39,41H,8-11,13-15H2,1-3H3,(H2,35,42). The zero-order valence-electron chi connectivity index (χ0n) is 25.1. The number of amides is 1. The number of ether oxygens (including phenoxy) is 1. The molecule has 0 radical (unpaired) electrons. The summed E-state index contributed by atoms with van der Waals surface area (Å²) >= 11 is 0. The van der Waals surface area contributed by atoms with Gasteiger partial charge in [-0.1, -0.05) is 17.7 Å². The topological polar surface area (TPSA) is 162 Å². The van der Waals surface area contributed by atoms with Gasteiger partial charge >= 0.3 is 5.97 Å². The molecule has 230 valence electrons. The second kappa shape index (κ2) is 11.2. The Kier molecular flexibility index (Phi) is 7.49. The Morgan fingerprint density at radius 1 is 1.05 bits per heavy atom. The van der Waals surface area contributed by atoms with Crippen molar-refractivity contribution in [2.24, 2.45) is 23.5 Å². The highest BCUT2D eigenvalue weighted by Crippen LogP contribution is 2.55. The van der Waals surface area contributed by atoms with E-state index in [4.69, 9.17) is 10.5 Å². The highest BCUT2D eigenvalue weighted by Gasteiger charge is 2.51. The van der Waals surface area contributed by atoms with Crippen LogP contribution in [0.2, 0.25) is 0 Å². The fraction of sp³-hybridized carbons (Fsp3) is 0.382. The lowest BCUT2D eigenvalue weighted by atomic mass is 9.59. The van der Waals surface area contributed by atoms with E-state index >= 15 is 0 Å². The number of nitrogens with zero attached hydrogens (tertiary/aromatic N) is 1. The highest BCUT2D eigenvalue weighted by atomic mass is 16.5. The Balaban J connectivity index is 1.34. The third-order valence-corrected chi connectivity index (χ3v) is 9.37. The van der Waals surface area contributed by atoms with E-state index in [1.165, 1.54) is 7.11 Å². The van der Waals surface area contributed by atoms with Gasteiger partial charge in [-0.3, -0.25) is 9.59 Å². The monoisotopic (exact) mass is 599 g/mol. The van der Waals surface area contributed by atoms with E-state index < -0.39 is 17.8 Å². The summed E-state index contributed by atoms with van der Waals surface area (Å²) < 4.78 is 4.75. The van der Waals surface area contributed by atoms with Gasteiger partial charge in [0.25, 0.3) is 5.91 Å². The number of carbonyl (C=O) groups is 3. The van der Waals surface area contributed by atoms with E-state index in [9.17, 15) is 29.7 Å². The molecule has 0 bridgehead atoms. The molecule has 0 saturated heterocycles. The number of ketones is 1. The molecule has 6 rings (SSSR count). The molecule has 0 aliphatic heterocycles. The molecule has 6 N–H and O–H groups in total. The van der Waals surface area contributed by atoms with Gasteiger partial charge in [-0.2, -0.15) is 0 Å². The number of Topliss-reactive ketones (excluding diaryl/α,β-unsaturated/α-hetero) is 1. The number of phenols is 1. The van der Waals surface area contributed by atoms with Gasteiger partial charge < -0.3 is 36.0 Å². The van der Waals surface area contributed by atoms with Crippen molar-refractivity contribution < 1.29 is 34.4 Å². The number of hydrogen-bond acceptors (Lipinski definition) is 9. The first-order valence-corrected chi connectivity index (χ1v) is 14.9. The summed E-state index contributed by atoms with van der Waals surface area (Å²) in [5.74, 6) is -2.95. The maximum absolute atomic E-state index is 14.2. The molecule has 3 atom stereocenters.